The van der Waals surface area contributed by atoms with Gasteiger partial charge in [0.1, 0.15) is 11.0 Å². The smallest absolute Gasteiger partial charge is 0.146 e. The number of aromatic nitrogens is 2. The summed E-state index contributed by atoms with van der Waals surface area (Å²) >= 11 is 8.65. The molecule has 3 heterocycles. The number of halogens is 2. The normalized spacial score (nSPS) is 29.3. The second-order valence-electron chi connectivity index (χ2n) is 6.95. The van der Waals surface area contributed by atoms with E-state index in [1.54, 1.807) is 0 Å². The third kappa shape index (κ3) is 3.22. The zero-order valence-electron chi connectivity index (χ0n) is 12.9. The summed E-state index contributed by atoms with van der Waals surface area (Å²) in [5.74, 6) is 2.06. The van der Waals surface area contributed by atoms with Gasteiger partial charge in [-0.25, -0.2) is 9.97 Å². The molecule has 1 aromatic rings. The molecule has 0 N–H and O–H groups in total. The van der Waals surface area contributed by atoms with E-state index in [9.17, 15) is 0 Å². The van der Waals surface area contributed by atoms with E-state index in [0.717, 1.165) is 21.5 Å². The van der Waals surface area contributed by atoms with Crippen LogP contribution in [-0.2, 0) is 6.42 Å². The van der Waals surface area contributed by atoms with Crippen LogP contribution in [0.25, 0.3) is 0 Å². The SMILES string of the molecule is CC(C)Cc1nc(C2CC3CCC(C2)N3C)nc(Cl)c1I. The Hall–Kier alpha value is 0.0600. The second kappa shape index (κ2) is 6.28. The molecule has 116 valence electrons. The van der Waals surface area contributed by atoms with Gasteiger partial charge in [-0.3, -0.25) is 0 Å². The second-order valence-corrected chi connectivity index (χ2v) is 8.39. The van der Waals surface area contributed by atoms with Gasteiger partial charge < -0.3 is 4.90 Å². The maximum absolute atomic E-state index is 6.37. The zero-order valence-corrected chi connectivity index (χ0v) is 15.9. The Morgan fingerprint density at radius 1 is 1.24 bits per heavy atom. The molecule has 2 aliphatic heterocycles. The Morgan fingerprint density at radius 3 is 2.43 bits per heavy atom. The van der Waals surface area contributed by atoms with Crippen molar-refractivity contribution < 1.29 is 0 Å². The molecule has 3 nitrogen and oxygen atoms in total. The summed E-state index contributed by atoms with van der Waals surface area (Å²) in [6, 6.07) is 1.42. The minimum absolute atomic E-state index is 0.485. The summed E-state index contributed by atoms with van der Waals surface area (Å²) in [6.45, 7) is 4.45. The van der Waals surface area contributed by atoms with Crippen LogP contribution in [0.15, 0.2) is 0 Å². The summed E-state index contributed by atoms with van der Waals surface area (Å²) < 4.78 is 1.03. The quantitative estimate of drug-likeness (QED) is 0.541. The molecule has 0 amide bonds. The first-order valence-corrected chi connectivity index (χ1v) is 9.35. The van der Waals surface area contributed by atoms with Crippen molar-refractivity contribution in [3.8, 4) is 0 Å². The highest BCUT2D eigenvalue weighted by atomic mass is 127. The molecule has 3 rings (SSSR count). The Kier molecular flexibility index (Phi) is 4.77. The van der Waals surface area contributed by atoms with Crippen LogP contribution in [0.2, 0.25) is 5.15 Å². The Labute approximate surface area is 146 Å². The van der Waals surface area contributed by atoms with Crippen molar-refractivity contribution in [2.45, 2.75) is 64.0 Å². The lowest BCUT2D eigenvalue weighted by Crippen LogP contribution is -2.39. The number of hydrogen-bond acceptors (Lipinski definition) is 3. The summed E-state index contributed by atoms with van der Waals surface area (Å²) in [7, 11) is 2.27. The molecule has 2 unspecified atom stereocenters. The summed E-state index contributed by atoms with van der Waals surface area (Å²) in [6.07, 6.45) is 6.01. The van der Waals surface area contributed by atoms with E-state index in [-0.39, 0.29) is 0 Å². The Bertz CT molecular complexity index is 520. The van der Waals surface area contributed by atoms with Gasteiger partial charge in [0.05, 0.1) is 9.26 Å². The molecular formula is C16H23ClIN3. The van der Waals surface area contributed by atoms with Gasteiger partial charge in [-0.1, -0.05) is 25.4 Å². The van der Waals surface area contributed by atoms with Crippen molar-refractivity contribution in [3.05, 3.63) is 20.2 Å². The van der Waals surface area contributed by atoms with Crippen LogP contribution in [-0.4, -0.2) is 34.0 Å². The number of fused-ring (bicyclic) bond motifs is 2. The average Bonchev–Trinajstić information content (AvgIpc) is 2.64. The molecule has 2 atom stereocenters. The van der Waals surface area contributed by atoms with Gasteiger partial charge in [-0.05, 0) is 67.7 Å². The number of piperidine rings is 1. The molecule has 2 aliphatic rings. The third-order valence-electron chi connectivity index (χ3n) is 4.96. The monoisotopic (exact) mass is 419 g/mol. The predicted octanol–water partition coefficient (Wildman–Crippen LogP) is 4.27. The number of hydrogen-bond donors (Lipinski definition) is 0. The largest absolute Gasteiger partial charge is 0.300 e. The maximum Gasteiger partial charge on any atom is 0.146 e. The van der Waals surface area contributed by atoms with Gasteiger partial charge in [0.25, 0.3) is 0 Å². The minimum atomic E-state index is 0.485. The summed E-state index contributed by atoms with van der Waals surface area (Å²) in [5, 5.41) is 0.641. The number of rotatable bonds is 3. The van der Waals surface area contributed by atoms with E-state index in [2.05, 4.69) is 53.4 Å². The van der Waals surface area contributed by atoms with Crippen LogP contribution in [0.4, 0.5) is 0 Å². The molecule has 21 heavy (non-hydrogen) atoms. The van der Waals surface area contributed by atoms with E-state index in [4.69, 9.17) is 16.6 Å². The first kappa shape index (κ1) is 15.9. The molecule has 2 bridgehead atoms. The number of nitrogens with zero attached hydrogens (tertiary/aromatic N) is 3. The average molecular weight is 420 g/mol. The topological polar surface area (TPSA) is 29.0 Å². The first-order valence-electron chi connectivity index (χ1n) is 7.89. The Morgan fingerprint density at radius 2 is 1.86 bits per heavy atom. The van der Waals surface area contributed by atoms with Crippen LogP contribution in [0.3, 0.4) is 0 Å². The summed E-state index contributed by atoms with van der Waals surface area (Å²) in [5.41, 5.74) is 1.13. The fourth-order valence-electron chi connectivity index (χ4n) is 3.81. The van der Waals surface area contributed by atoms with Gasteiger partial charge in [0.15, 0.2) is 0 Å². The van der Waals surface area contributed by atoms with E-state index >= 15 is 0 Å². The molecule has 2 saturated heterocycles. The van der Waals surface area contributed by atoms with Gasteiger partial charge in [0.2, 0.25) is 0 Å². The van der Waals surface area contributed by atoms with Gasteiger partial charge in [-0.15, -0.1) is 0 Å². The van der Waals surface area contributed by atoms with Crippen LogP contribution in [0, 0.1) is 9.49 Å². The lowest BCUT2D eigenvalue weighted by Gasteiger charge is -2.35. The van der Waals surface area contributed by atoms with Gasteiger partial charge in [0, 0.05) is 18.0 Å². The van der Waals surface area contributed by atoms with Gasteiger partial charge >= 0.3 is 0 Å². The van der Waals surface area contributed by atoms with E-state index < -0.39 is 0 Å². The third-order valence-corrected chi connectivity index (χ3v) is 6.69. The summed E-state index contributed by atoms with van der Waals surface area (Å²) in [4.78, 5) is 12.1. The molecule has 1 aromatic heterocycles. The highest BCUT2D eigenvalue weighted by molar-refractivity contribution is 14.1. The standard InChI is InChI=1S/C16H23ClIN3/c1-9(2)6-13-14(18)15(17)20-16(19-13)10-7-11-4-5-12(8-10)21(11)3/h9-12H,4-8H2,1-3H3. The predicted molar refractivity (Wildman–Crippen MR) is 94.8 cm³/mol. The van der Waals surface area contributed by atoms with Crippen molar-refractivity contribution in [1.29, 1.82) is 0 Å². The Balaban J connectivity index is 1.87. The van der Waals surface area contributed by atoms with Crippen LogP contribution >= 0.6 is 34.2 Å². The molecule has 0 saturated carbocycles. The van der Waals surface area contributed by atoms with Crippen molar-refractivity contribution in [2.24, 2.45) is 5.92 Å². The maximum atomic E-state index is 6.37. The molecule has 0 aromatic carbocycles. The molecule has 5 heteroatoms. The fourth-order valence-corrected chi connectivity index (χ4v) is 4.46. The van der Waals surface area contributed by atoms with Crippen molar-refractivity contribution in [3.63, 3.8) is 0 Å². The lowest BCUT2D eigenvalue weighted by atomic mass is 9.90. The van der Waals surface area contributed by atoms with Crippen LogP contribution in [0.5, 0.6) is 0 Å². The van der Waals surface area contributed by atoms with Crippen molar-refractivity contribution in [1.82, 2.24) is 14.9 Å². The molecule has 0 aliphatic carbocycles. The molecule has 0 radical (unpaired) electrons. The van der Waals surface area contributed by atoms with E-state index in [0.29, 0.717) is 29.1 Å². The van der Waals surface area contributed by atoms with Gasteiger partial charge in [-0.2, -0.15) is 0 Å². The van der Waals surface area contributed by atoms with E-state index in [1.807, 2.05) is 0 Å². The zero-order chi connectivity index (χ0) is 15.1. The van der Waals surface area contributed by atoms with Crippen LogP contribution in [0.1, 0.15) is 57.0 Å². The first-order chi connectivity index (χ1) is 9.95. The molecule has 2 fully saturated rings. The van der Waals surface area contributed by atoms with Crippen molar-refractivity contribution in [2.75, 3.05) is 7.05 Å². The molecule has 0 spiro atoms. The highest BCUT2D eigenvalue weighted by Crippen LogP contribution is 2.41. The van der Waals surface area contributed by atoms with E-state index in [1.165, 1.54) is 25.7 Å². The highest BCUT2D eigenvalue weighted by Gasteiger charge is 2.40. The molecular weight excluding hydrogens is 397 g/mol. The fraction of sp³-hybridized carbons (Fsp3) is 0.750. The lowest BCUT2D eigenvalue weighted by molar-refractivity contribution is 0.158. The van der Waals surface area contributed by atoms with Crippen molar-refractivity contribution >= 4 is 34.2 Å². The van der Waals surface area contributed by atoms with Crippen LogP contribution < -0.4 is 0 Å². The minimum Gasteiger partial charge on any atom is -0.300 e.